The van der Waals surface area contributed by atoms with Crippen LogP contribution in [0.5, 0.6) is 0 Å². The van der Waals surface area contributed by atoms with E-state index >= 15 is 0 Å². The first-order valence-electron chi connectivity index (χ1n) is 14.9. The molecule has 2 fully saturated rings. The Morgan fingerprint density at radius 2 is 1.35 bits per heavy atom. The minimum Gasteiger partial charge on any atom is -0.477 e. The van der Waals surface area contributed by atoms with Gasteiger partial charge in [0.1, 0.15) is 11.4 Å². The Labute approximate surface area is 253 Å². The summed E-state index contributed by atoms with van der Waals surface area (Å²) in [4.78, 5) is 35.5. The van der Waals surface area contributed by atoms with Gasteiger partial charge < -0.3 is 29.2 Å². The van der Waals surface area contributed by atoms with Gasteiger partial charge in [0.25, 0.3) is 0 Å². The lowest BCUT2D eigenvalue weighted by molar-refractivity contribution is -0.0995. The van der Waals surface area contributed by atoms with E-state index in [1.807, 2.05) is 11.0 Å². The normalized spacial score (nSPS) is 23.3. The number of carbonyl (C=O) groups is 2. The number of hydrogen-bond donors (Lipinski definition) is 2. The van der Waals surface area contributed by atoms with E-state index in [1.54, 1.807) is 18.2 Å². The van der Waals surface area contributed by atoms with Crippen molar-refractivity contribution in [3.63, 3.8) is 0 Å². The highest BCUT2D eigenvalue weighted by molar-refractivity contribution is 6.11. The molecule has 2 N–H and O–H groups in total. The fourth-order valence-electron chi connectivity index (χ4n) is 5.29. The van der Waals surface area contributed by atoms with E-state index in [-0.39, 0.29) is 23.6 Å². The SMILES string of the molecule is [B]C(c1cccc(C(=O)O)n1)N1CCOCCOCCN(Cc2cccc(C(=O)O)n2)CCOC2CCCCC2OCC1. The van der Waals surface area contributed by atoms with Crippen LogP contribution in [0.4, 0.5) is 0 Å². The number of carboxylic acid groups (broad SMARTS) is 2. The van der Waals surface area contributed by atoms with Gasteiger partial charge in [-0.25, -0.2) is 19.6 Å². The molecular formula is C30H41BN4O8. The lowest BCUT2D eigenvalue weighted by Gasteiger charge is -2.34. The van der Waals surface area contributed by atoms with E-state index in [1.165, 1.54) is 12.1 Å². The van der Waals surface area contributed by atoms with Gasteiger partial charge >= 0.3 is 11.9 Å². The monoisotopic (exact) mass is 596 g/mol. The average Bonchev–Trinajstić information content (AvgIpc) is 3.01. The van der Waals surface area contributed by atoms with Gasteiger partial charge in [-0.15, -0.1) is 0 Å². The summed E-state index contributed by atoms with van der Waals surface area (Å²) in [6.45, 7) is 5.37. The van der Waals surface area contributed by atoms with Crippen LogP contribution in [-0.2, 0) is 25.5 Å². The number of rotatable bonds is 6. The van der Waals surface area contributed by atoms with Gasteiger partial charge in [-0.05, 0) is 37.1 Å². The molecule has 2 aromatic heterocycles. The van der Waals surface area contributed by atoms with Gasteiger partial charge in [0, 0.05) is 44.4 Å². The van der Waals surface area contributed by atoms with E-state index in [0.717, 1.165) is 25.7 Å². The van der Waals surface area contributed by atoms with Gasteiger partial charge in [0.15, 0.2) is 0 Å². The minimum atomic E-state index is -1.10. The summed E-state index contributed by atoms with van der Waals surface area (Å²) in [5, 5.41) is 18.7. The van der Waals surface area contributed by atoms with Gasteiger partial charge in [0.2, 0.25) is 0 Å². The molecule has 0 amide bonds. The van der Waals surface area contributed by atoms with Crippen LogP contribution in [0.25, 0.3) is 0 Å². The molecule has 43 heavy (non-hydrogen) atoms. The number of aromatic nitrogens is 2. The van der Waals surface area contributed by atoms with Crippen molar-refractivity contribution in [3.05, 3.63) is 59.2 Å². The molecule has 4 rings (SSSR count). The second-order valence-electron chi connectivity index (χ2n) is 10.7. The highest BCUT2D eigenvalue weighted by Crippen LogP contribution is 2.24. The van der Waals surface area contributed by atoms with Crippen LogP contribution in [0, 0.1) is 0 Å². The number of fused-ring (bicyclic) bond motifs is 1. The topological polar surface area (TPSA) is 144 Å². The van der Waals surface area contributed by atoms with Crippen LogP contribution in [0.3, 0.4) is 0 Å². The largest absolute Gasteiger partial charge is 0.477 e. The van der Waals surface area contributed by atoms with Gasteiger partial charge in [-0.2, -0.15) is 0 Å². The predicted octanol–water partition coefficient (Wildman–Crippen LogP) is 2.24. The molecule has 3 heterocycles. The predicted molar refractivity (Wildman–Crippen MR) is 157 cm³/mol. The maximum Gasteiger partial charge on any atom is 0.354 e. The molecule has 0 spiro atoms. The van der Waals surface area contributed by atoms with E-state index in [0.29, 0.717) is 83.8 Å². The van der Waals surface area contributed by atoms with Crippen molar-refractivity contribution < 1.29 is 38.7 Å². The number of aromatic carboxylic acids is 2. The maximum atomic E-state index is 11.4. The smallest absolute Gasteiger partial charge is 0.354 e. The highest BCUT2D eigenvalue weighted by Gasteiger charge is 2.27. The second kappa shape index (κ2) is 17.4. The molecule has 3 atom stereocenters. The van der Waals surface area contributed by atoms with Crippen LogP contribution in [-0.4, -0.2) is 128 Å². The fourth-order valence-corrected chi connectivity index (χ4v) is 5.29. The van der Waals surface area contributed by atoms with Crippen LogP contribution in [0.15, 0.2) is 36.4 Å². The quantitative estimate of drug-likeness (QED) is 0.472. The van der Waals surface area contributed by atoms with E-state index in [2.05, 4.69) is 14.9 Å². The zero-order valence-corrected chi connectivity index (χ0v) is 24.5. The Morgan fingerprint density at radius 3 is 2.02 bits per heavy atom. The van der Waals surface area contributed by atoms with Crippen molar-refractivity contribution in [3.8, 4) is 0 Å². The summed E-state index contributed by atoms with van der Waals surface area (Å²) in [6, 6.07) is 9.84. The molecule has 1 saturated heterocycles. The molecule has 13 heteroatoms. The molecule has 0 aromatic carbocycles. The number of carboxylic acids is 2. The molecule has 2 radical (unpaired) electrons. The van der Waals surface area contributed by atoms with E-state index in [9.17, 15) is 19.8 Å². The Bertz CT molecular complexity index is 1170. The first-order valence-corrected chi connectivity index (χ1v) is 14.9. The van der Waals surface area contributed by atoms with Crippen molar-refractivity contribution in [2.75, 3.05) is 65.8 Å². The molecule has 2 aliphatic rings. The Morgan fingerprint density at radius 1 is 0.791 bits per heavy atom. The zero-order chi connectivity index (χ0) is 30.4. The molecule has 12 nitrogen and oxygen atoms in total. The summed E-state index contributed by atoms with van der Waals surface area (Å²) in [6.07, 6.45) is 3.90. The lowest BCUT2D eigenvalue weighted by atomic mass is 9.90. The first kappa shape index (κ1) is 33.0. The summed E-state index contributed by atoms with van der Waals surface area (Å²) in [7, 11) is 6.55. The summed E-state index contributed by atoms with van der Waals surface area (Å²) >= 11 is 0. The van der Waals surface area contributed by atoms with Crippen LogP contribution >= 0.6 is 0 Å². The molecule has 0 bridgehead atoms. The molecule has 2 aromatic rings. The molecule has 1 aliphatic carbocycles. The van der Waals surface area contributed by atoms with Crippen molar-refractivity contribution in [2.24, 2.45) is 0 Å². The Hall–Kier alpha value is -2.94. The van der Waals surface area contributed by atoms with Crippen LogP contribution in [0.2, 0.25) is 0 Å². The standard InChI is InChI=1S/C30H41BN4O8/c31-28(23-6-4-8-25(33-23)30(38)39)35-13-16-41-20-19-40-15-11-34(21-22-5-3-7-24(32-22)29(36)37)12-17-42-26-9-1-2-10-27(26)43-18-14-35/h3-8,26-28H,1-2,9-21H2,(H,36,37)(H,38,39). The summed E-state index contributed by atoms with van der Waals surface area (Å²) < 4.78 is 24.4. The summed E-state index contributed by atoms with van der Waals surface area (Å²) in [5.41, 5.74) is 1.12. The Balaban J connectivity index is 1.39. The molecule has 232 valence electrons. The van der Waals surface area contributed by atoms with Crippen molar-refractivity contribution in [1.29, 1.82) is 0 Å². The lowest BCUT2D eigenvalue weighted by Crippen LogP contribution is -2.40. The van der Waals surface area contributed by atoms with Crippen molar-refractivity contribution >= 4 is 19.8 Å². The highest BCUT2D eigenvalue weighted by atomic mass is 16.5. The van der Waals surface area contributed by atoms with Gasteiger partial charge in [-0.3, -0.25) is 9.80 Å². The van der Waals surface area contributed by atoms with E-state index in [4.69, 9.17) is 26.8 Å². The summed E-state index contributed by atoms with van der Waals surface area (Å²) in [5.74, 6) is -2.77. The maximum absolute atomic E-state index is 11.4. The average molecular weight is 596 g/mol. The number of pyridine rings is 2. The van der Waals surface area contributed by atoms with Crippen LogP contribution in [0.1, 0.15) is 64.0 Å². The number of hydrogen-bond acceptors (Lipinski definition) is 10. The van der Waals surface area contributed by atoms with Crippen molar-refractivity contribution in [1.82, 2.24) is 19.8 Å². The molecular weight excluding hydrogens is 555 g/mol. The third-order valence-corrected chi connectivity index (χ3v) is 7.64. The third kappa shape index (κ3) is 10.6. The first-order chi connectivity index (χ1) is 20.9. The van der Waals surface area contributed by atoms with Crippen LogP contribution < -0.4 is 0 Å². The zero-order valence-electron chi connectivity index (χ0n) is 24.5. The third-order valence-electron chi connectivity index (χ3n) is 7.64. The Kier molecular flexibility index (Phi) is 13.3. The second-order valence-corrected chi connectivity index (χ2v) is 10.7. The van der Waals surface area contributed by atoms with Crippen molar-refractivity contribution in [2.45, 2.75) is 50.4 Å². The number of nitrogens with zero attached hydrogens (tertiary/aromatic N) is 4. The number of ether oxygens (including phenoxy) is 4. The molecule has 1 aliphatic heterocycles. The van der Waals surface area contributed by atoms with E-state index < -0.39 is 17.9 Å². The molecule has 1 saturated carbocycles. The minimum absolute atomic E-state index is 0.0234. The van der Waals surface area contributed by atoms with Gasteiger partial charge in [-0.1, -0.05) is 25.0 Å². The van der Waals surface area contributed by atoms with Gasteiger partial charge in [0.05, 0.1) is 65.4 Å². The fraction of sp³-hybridized carbons (Fsp3) is 0.600. The molecule has 3 unspecified atom stereocenters.